The normalized spacial score (nSPS) is 33.1. The van der Waals surface area contributed by atoms with E-state index in [2.05, 4.69) is 16.1 Å². The molecular weight excluding hydrogens is 176 g/mol. The molecule has 2 bridgehead atoms. The minimum absolute atomic E-state index is 0.778. The fraction of sp³-hybridized carbons (Fsp3) is 0.545. The number of aromatic nitrogens is 1. The van der Waals surface area contributed by atoms with E-state index in [-0.39, 0.29) is 0 Å². The monoisotopic (exact) mass is 190 g/mol. The molecule has 2 fully saturated rings. The minimum atomic E-state index is 0.778. The summed E-state index contributed by atoms with van der Waals surface area (Å²) >= 11 is 0. The van der Waals surface area contributed by atoms with Crippen LogP contribution in [0.1, 0.15) is 17.9 Å². The second kappa shape index (κ2) is 2.95. The van der Waals surface area contributed by atoms with Crippen LogP contribution in [0.2, 0.25) is 0 Å². The van der Waals surface area contributed by atoms with Gasteiger partial charge in [-0.1, -0.05) is 5.16 Å². The molecule has 2 aliphatic heterocycles. The predicted molar refractivity (Wildman–Crippen MR) is 53.8 cm³/mol. The van der Waals surface area contributed by atoms with Crippen LogP contribution in [-0.2, 0) is 0 Å². The molecule has 0 radical (unpaired) electrons. The van der Waals surface area contributed by atoms with E-state index in [4.69, 9.17) is 4.52 Å². The molecule has 0 aliphatic carbocycles. The van der Waals surface area contributed by atoms with Crippen LogP contribution in [0.3, 0.4) is 0 Å². The third-order valence-corrected chi connectivity index (χ3v) is 3.18. The van der Waals surface area contributed by atoms with Gasteiger partial charge in [-0.3, -0.25) is 4.90 Å². The van der Waals surface area contributed by atoms with Crippen molar-refractivity contribution in [3.05, 3.63) is 23.1 Å². The summed E-state index contributed by atoms with van der Waals surface area (Å²) in [6.45, 7) is 5.61. The van der Waals surface area contributed by atoms with Gasteiger partial charge in [0.15, 0.2) is 5.76 Å². The first-order valence-corrected chi connectivity index (χ1v) is 5.17. The summed E-state index contributed by atoms with van der Waals surface area (Å²) in [5, 5.41) is 3.89. The summed E-state index contributed by atoms with van der Waals surface area (Å²) in [6.07, 6.45) is 3.49. The van der Waals surface area contributed by atoms with Gasteiger partial charge < -0.3 is 4.52 Å². The molecule has 1 aromatic heterocycles. The van der Waals surface area contributed by atoms with E-state index in [1.165, 1.54) is 25.1 Å². The Balaban J connectivity index is 1.85. The highest BCUT2D eigenvalue weighted by atomic mass is 16.5. The fourth-order valence-electron chi connectivity index (χ4n) is 2.46. The van der Waals surface area contributed by atoms with Crippen molar-refractivity contribution in [1.82, 2.24) is 10.1 Å². The Labute approximate surface area is 83.4 Å². The van der Waals surface area contributed by atoms with Gasteiger partial charge in [-0.15, -0.1) is 0 Å². The molecule has 3 heterocycles. The van der Waals surface area contributed by atoms with Gasteiger partial charge in [0, 0.05) is 19.2 Å². The van der Waals surface area contributed by atoms with Crippen LogP contribution < -0.4 is 0 Å². The summed E-state index contributed by atoms with van der Waals surface area (Å²) < 4.78 is 5.19. The molecule has 0 aromatic carbocycles. The summed E-state index contributed by atoms with van der Waals surface area (Å²) in [5.74, 6) is 1.69. The van der Waals surface area contributed by atoms with Gasteiger partial charge in [-0.2, -0.15) is 0 Å². The average molecular weight is 190 g/mol. The number of piperidine rings is 1. The van der Waals surface area contributed by atoms with Crippen LogP contribution in [-0.4, -0.2) is 29.7 Å². The van der Waals surface area contributed by atoms with E-state index >= 15 is 0 Å². The molecule has 0 N–H and O–H groups in total. The van der Waals surface area contributed by atoms with Crippen LogP contribution in [0.4, 0.5) is 0 Å². The number of hydrogen-bond donors (Lipinski definition) is 0. The van der Waals surface area contributed by atoms with E-state index in [0.29, 0.717) is 0 Å². The first kappa shape index (κ1) is 8.24. The zero-order chi connectivity index (χ0) is 9.54. The lowest BCUT2D eigenvalue weighted by atomic mass is 9.98. The van der Waals surface area contributed by atoms with Crippen molar-refractivity contribution in [3.63, 3.8) is 0 Å². The smallest absolute Gasteiger partial charge is 0.159 e. The van der Waals surface area contributed by atoms with E-state index in [0.717, 1.165) is 23.9 Å². The van der Waals surface area contributed by atoms with Gasteiger partial charge in [-0.25, -0.2) is 0 Å². The lowest BCUT2D eigenvalue weighted by molar-refractivity contribution is 0.391. The molecule has 3 nitrogen and oxygen atoms in total. The maximum absolute atomic E-state index is 5.19. The average Bonchev–Trinajstić information content (AvgIpc) is 2.82. The number of hydrogen-bond acceptors (Lipinski definition) is 3. The maximum Gasteiger partial charge on any atom is 0.159 e. The Kier molecular flexibility index (Phi) is 1.74. The zero-order valence-corrected chi connectivity index (χ0v) is 8.36. The van der Waals surface area contributed by atoms with Crippen molar-refractivity contribution in [3.8, 4) is 0 Å². The first-order chi connectivity index (χ1) is 6.81. The molecule has 0 saturated carbocycles. The lowest BCUT2D eigenvalue weighted by Gasteiger charge is -2.13. The van der Waals surface area contributed by atoms with Crippen molar-refractivity contribution in [1.29, 1.82) is 0 Å². The van der Waals surface area contributed by atoms with Crippen molar-refractivity contribution in [2.24, 2.45) is 5.92 Å². The minimum Gasteiger partial charge on any atom is -0.357 e. The Bertz CT molecular complexity index is 380. The standard InChI is InChI=1S/C11H14N2O/c1-8-4-11(14-12-8)5-10-7-13-3-2-9(10)6-13/h4-5,9H,2-3,6-7H2,1H3/b10-5-/t9-/m1/s1. The summed E-state index contributed by atoms with van der Waals surface area (Å²) in [5.41, 5.74) is 2.48. The van der Waals surface area contributed by atoms with Gasteiger partial charge in [0.05, 0.1) is 5.69 Å². The summed E-state index contributed by atoms with van der Waals surface area (Å²) in [4.78, 5) is 2.50. The highest BCUT2D eigenvalue weighted by Crippen LogP contribution is 2.33. The zero-order valence-electron chi connectivity index (χ0n) is 8.36. The number of fused-ring (bicyclic) bond motifs is 2. The van der Waals surface area contributed by atoms with Crippen LogP contribution in [0.15, 0.2) is 16.2 Å². The fourth-order valence-corrected chi connectivity index (χ4v) is 2.46. The van der Waals surface area contributed by atoms with Crippen molar-refractivity contribution in [2.75, 3.05) is 19.6 Å². The Morgan fingerprint density at radius 1 is 1.64 bits per heavy atom. The topological polar surface area (TPSA) is 29.3 Å². The molecule has 0 amide bonds. The van der Waals surface area contributed by atoms with E-state index in [1.54, 1.807) is 0 Å². The number of nitrogens with zero attached hydrogens (tertiary/aromatic N) is 2. The molecule has 14 heavy (non-hydrogen) atoms. The molecule has 2 atom stereocenters. The van der Waals surface area contributed by atoms with E-state index < -0.39 is 0 Å². The van der Waals surface area contributed by atoms with E-state index in [1.807, 2.05) is 13.0 Å². The SMILES string of the molecule is Cc1cc(/C=C2/CN3CC[C@@H]2C3)on1. The Hall–Kier alpha value is -1.09. The largest absolute Gasteiger partial charge is 0.357 e. The van der Waals surface area contributed by atoms with Crippen molar-refractivity contribution < 1.29 is 4.52 Å². The highest BCUT2D eigenvalue weighted by molar-refractivity contribution is 5.50. The van der Waals surface area contributed by atoms with Crippen LogP contribution >= 0.6 is 0 Å². The van der Waals surface area contributed by atoms with Gasteiger partial charge in [0.2, 0.25) is 0 Å². The second-order valence-corrected chi connectivity index (χ2v) is 4.31. The molecule has 2 aliphatic rings. The van der Waals surface area contributed by atoms with Crippen molar-refractivity contribution in [2.45, 2.75) is 13.3 Å². The highest BCUT2D eigenvalue weighted by Gasteiger charge is 2.33. The quantitative estimate of drug-likeness (QED) is 0.675. The van der Waals surface area contributed by atoms with Crippen LogP contribution in [0.5, 0.6) is 0 Å². The van der Waals surface area contributed by atoms with Crippen molar-refractivity contribution >= 4 is 6.08 Å². The molecule has 1 aromatic rings. The molecule has 74 valence electrons. The summed E-state index contributed by atoms with van der Waals surface area (Å²) in [6, 6.07) is 1.99. The molecule has 1 unspecified atom stereocenters. The van der Waals surface area contributed by atoms with Gasteiger partial charge in [-0.05, 0) is 37.5 Å². The third-order valence-electron chi connectivity index (χ3n) is 3.18. The Morgan fingerprint density at radius 2 is 2.57 bits per heavy atom. The molecule has 2 saturated heterocycles. The molecular formula is C11H14N2O. The van der Waals surface area contributed by atoms with Gasteiger partial charge in [0.25, 0.3) is 0 Å². The molecule has 3 rings (SSSR count). The third kappa shape index (κ3) is 1.28. The predicted octanol–water partition coefficient (Wildman–Crippen LogP) is 1.70. The number of rotatable bonds is 1. The van der Waals surface area contributed by atoms with E-state index in [9.17, 15) is 0 Å². The lowest BCUT2D eigenvalue weighted by Crippen LogP contribution is -2.17. The number of aryl methyl sites for hydroxylation is 1. The van der Waals surface area contributed by atoms with Crippen LogP contribution in [0.25, 0.3) is 6.08 Å². The Morgan fingerprint density at radius 3 is 3.14 bits per heavy atom. The van der Waals surface area contributed by atoms with Crippen LogP contribution in [0, 0.1) is 12.8 Å². The summed E-state index contributed by atoms with van der Waals surface area (Å²) in [7, 11) is 0. The molecule has 0 spiro atoms. The first-order valence-electron chi connectivity index (χ1n) is 5.17. The second-order valence-electron chi connectivity index (χ2n) is 4.31. The van der Waals surface area contributed by atoms with Gasteiger partial charge in [0.1, 0.15) is 0 Å². The maximum atomic E-state index is 5.19. The van der Waals surface area contributed by atoms with Gasteiger partial charge >= 0.3 is 0 Å². The molecule has 3 heteroatoms.